The Balaban J connectivity index is 1.47. The predicted molar refractivity (Wildman–Crippen MR) is 136 cm³/mol. The molecule has 4 aromatic rings. The fraction of sp³-hybridized carbons (Fsp3) is 0.400. The van der Waals surface area contributed by atoms with Crippen molar-refractivity contribution >= 4 is 49.1 Å². The molecule has 5 heterocycles. The van der Waals surface area contributed by atoms with Crippen LogP contribution in [0.1, 0.15) is 16.8 Å². The molecule has 0 radical (unpaired) electrons. The number of benzene rings is 1. The smallest absolute Gasteiger partial charge is 0.258 e. The number of para-hydroxylation sites is 1. The van der Waals surface area contributed by atoms with Crippen LogP contribution in [-0.2, 0) is 4.74 Å². The van der Waals surface area contributed by atoms with Gasteiger partial charge in [0.15, 0.2) is 17.3 Å². The topological polar surface area (TPSA) is 79.2 Å². The molecule has 8 nitrogen and oxygen atoms in total. The average Bonchev–Trinajstić information content (AvgIpc) is 3.47. The summed E-state index contributed by atoms with van der Waals surface area (Å²) in [5.74, 6) is -0.968. The van der Waals surface area contributed by atoms with E-state index >= 15 is 4.39 Å². The van der Waals surface area contributed by atoms with Gasteiger partial charge in [-0.25, -0.2) is 13.8 Å². The quantitative estimate of drug-likeness (QED) is 0.442. The van der Waals surface area contributed by atoms with Gasteiger partial charge in [-0.2, -0.15) is 0 Å². The summed E-state index contributed by atoms with van der Waals surface area (Å²) in [5, 5.41) is 2.87. The lowest BCUT2D eigenvalue weighted by Crippen LogP contribution is -2.38. The van der Waals surface area contributed by atoms with Crippen molar-refractivity contribution in [2.24, 2.45) is 0 Å². The lowest BCUT2D eigenvalue weighted by Gasteiger charge is -2.28. The number of likely N-dealkylation sites (tertiary alicyclic amines) is 1. The summed E-state index contributed by atoms with van der Waals surface area (Å²) in [6.07, 6.45) is -0.346. The molecule has 0 aliphatic carbocycles. The van der Waals surface area contributed by atoms with Crippen LogP contribution in [0.2, 0.25) is 0 Å². The van der Waals surface area contributed by atoms with Gasteiger partial charge in [0.1, 0.15) is 16.6 Å². The first-order chi connectivity index (χ1) is 17.5. The number of aromatic nitrogens is 2. The minimum absolute atomic E-state index is 0.0335. The lowest BCUT2D eigenvalue weighted by atomic mass is 10.1. The molecule has 1 N–H and O–H groups in total. The Kier molecular flexibility index (Phi) is 6.06. The molecule has 2 aliphatic heterocycles. The van der Waals surface area contributed by atoms with E-state index in [0.29, 0.717) is 62.8 Å². The molecule has 188 valence electrons. The van der Waals surface area contributed by atoms with Crippen LogP contribution in [0.3, 0.4) is 0 Å². The fourth-order valence-electron chi connectivity index (χ4n) is 5.00. The summed E-state index contributed by atoms with van der Waals surface area (Å²) in [4.78, 5) is 35.7. The molecule has 3 aromatic heterocycles. The molecule has 11 heteroatoms. The average molecular weight is 514 g/mol. The molecule has 36 heavy (non-hydrogen) atoms. The standard InChI is InChI=1S/C25H25F2N5O3S/c26-15-5-7-30(14-15)8-6-28-24(34)20-21(33)16-13-17(27)23(31-9-11-35-12-10-31)29-22(16)32-18-3-1-2-4-19(18)36-25(20)32/h1-4,13,15H,5-12,14H2,(H,28,34)/t15-/m0/s1. The minimum Gasteiger partial charge on any atom is -0.378 e. The highest BCUT2D eigenvalue weighted by molar-refractivity contribution is 7.24. The summed E-state index contributed by atoms with van der Waals surface area (Å²) in [6, 6.07) is 8.76. The SMILES string of the molecule is O=C(NCCN1CC[C@H](F)C1)c1c(=O)c2cc(F)c(N3CCOCC3)nc2n2c1sc1ccccc12. The molecular weight excluding hydrogens is 488 g/mol. The van der Waals surface area contributed by atoms with Crippen molar-refractivity contribution in [1.29, 1.82) is 0 Å². The molecule has 2 aliphatic rings. The third kappa shape index (κ3) is 4.00. The maximum atomic E-state index is 15.2. The van der Waals surface area contributed by atoms with E-state index < -0.39 is 23.3 Å². The van der Waals surface area contributed by atoms with Crippen LogP contribution in [0.5, 0.6) is 0 Å². The van der Waals surface area contributed by atoms with E-state index in [-0.39, 0.29) is 23.3 Å². The van der Waals surface area contributed by atoms with Crippen LogP contribution in [0.15, 0.2) is 35.1 Å². The number of rotatable bonds is 5. The number of halogens is 2. The molecule has 0 unspecified atom stereocenters. The van der Waals surface area contributed by atoms with Crippen LogP contribution in [0, 0.1) is 5.82 Å². The number of alkyl halides is 1. The van der Waals surface area contributed by atoms with E-state index in [2.05, 4.69) is 10.3 Å². The molecule has 1 atom stereocenters. The Hall–Kier alpha value is -3.15. The van der Waals surface area contributed by atoms with E-state index in [0.717, 1.165) is 10.2 Å². The molecule has 1 amide bonds. The monoisotopic (exact) mass is 513 g/mol. The predicted octanol–water partition coefficient (Wildman–Crippen LogP) is 2.81. The summed E-state index contributed by atoms with van der Waals surface area (Å²) in [7, 11) is 0. The van der Waals surface area contributed by atoms with E-state index in [9.17, 15) is 14.0 Å². The zero-order valence-corrected chi connectivity index (χ0v) is 20.3. The highest BCUT2D eigenvalue weighted by Crippen LogP contribution is 2.32. The molecule has 0 saturated carbocycles. The van der Waals surface area contributed by atoms with Gasteiger partial charge >= 0.3 is 0 Å². The fourth-order valence-corrected chi connectivity index (χ4v) is 6.18. The summed E-state index contributed by atoms with van der Waals surface area (Å²) in [5.41, 5.74) is 0.514. The molecule has 0 bridgehead atoms. The third-order valence-corrected chi connectivity index (χ3v) is 7.96. The second kappa shape index (κ2) is 9.38. The maximum absolute atomic E-state index is 15.2. The molecule has 0 spiro atoms. The van der Waals surface area contributed by atoms with Gasteiger partial charge in [0.25, 0.3) is 5.91 Å². The van der Waals surface area contributed by atoms with Gasteiger partial charge in [0.2, 0.25) is 5.43 Å². The zero-order valence-electron chi connectivity index (χ0n) is 19.5. The van der Waals surface area contributed by atoms with Crippen LogP contribution in [0.4, 0.5) is 14.6 Å². The number of hydrogen-bond acceptors (Lipinski definition) is 7. The molecule has 1 aromatic carbocycles. The Morgan fingerprint density at radius 3 is 2.81 bits per heavy atom. The van der Waals surface area contributed by atoms with Crippen molar-refractivity contribution in [3.8, 4) is 0 Å². The number of carbonyl (C=O) groups is 1. The van der Waals surface area contributed by atoms with E-state index in [1.54, 1.807) is 4.40 Å². The number of hydrogen-bond donors (Lipinski definition) is 1. The van der Waals surface area contributed by atoms with Gasteiger partial charge in [0.05, 0.1) is 28.8 Å². The van der Waals surface area contributed by atoms with Crippen molar-refractivity contribution in [2.45, 2.75) is 12.6 Å². The van der Waals surface area contributed by atoms with E-state index in [1.165, 1.54) is 17.4 Å². The van der Waals surface area contributed by atoms with E-state index in [4.69, 9.17) is 4.74 Å². The number of fused-ring (bicyclic) bond motifs is 5. The van der Waals surface area contributed by atoms with Crippen molar-refractivity contribution in [2.75, 3.05) is 57.4 Å². The number of ether oxygens (including phenoxy) is 1. The van der Waals surface area contributed by atoms with Gasteiger partial charge in [-0.1, -0.05) is 12.1 Å². The van der Waals surface area contributed by atoms with Crippen LogP contribution in [0.25, 0.3) is 26.1 Å². The highest BCUT2D eigenvalue weighted by Gasteiger charge is 2.26. The normalized spacial score (nSPS) is 19.1. The number of carbonyl (C=O) groups excluding carboxylic acids is 1. The van der Waals surface area contributed by atoms with Crippen molar-refractivity contribution in [1.82, 2.24) is 19.6 Å². The third-order valence-electron chi connectivity index (χ3n) is 6.82. The Bertz CT molecular complexity index is 1530. The molecular formula is C25H25F2N5O3S. The van der Waals surface area contributed by atoms with Crippen LogP contribution < -0.4 is 15.6 Å². The Morgan fingerprint density at radius 2 is 2.03 bits per heavy atom. The van der Waals surface area contributed by atoms with Crippen molar-refractivity contribution in [3.05, 3.63) is 51.9 Å². The van der Waals surface area contributed by atoms with Gasteiger partial charge in [-0.05, 0) is 24.6 Å². The largest absolute Gasteiger partial charge is 0.378 e. The lowest BCUT2D eigenvalue weighted by molar-refractivity contribution is 0.0950. The number of nitrogens with zero attached hydrogens (tertiary/aromatic N) is 4. The minimum atomic E-state index is -0.839. The number of thiazole rings is 1. The second-order valence-electron chi connectivity index (χ2n) is 9.12. The number of pyridine rings is 2. The second-order valence-corrected chi connectivity index (χ2v) is 10.2. The number of nitrogens with one attached hydrogen (secondary N) is 1. The summed E-state index contributed by atoms with van der Waals surface area (Å²) in [6.45, 7) is 3.71. The van der Waals surface area contributed by atoms with Crippen LogP contribution >= 0.6 is 11.3 Å². The highest BCUT2D eigenvalue weighted by atomic mass is 32.1. The Morgan fingerprint density at radius 1 is 1.22 bits per heavy atom. The first-order valence-corrected chi connectivity index (χ1v) is 12.9. The zero-order chi connectivity index (χ0) is 24.8. The number of anilines is 1. The van der Waals surface area contributed by atoms with E-state index in [1.807, 2.05) is 34.1 Å². The van der Waals surface area contributed by atoms with Crippen LogP contribution in [-0.4, -0.2) is 78.8 Å². The summed E-state index contributed by atoms with van der Waals surface area (Å²) < 4.78 is 36.7. The first kappa shape index (κ1) is 23.3. The van der Waals surface area contributed by atoms with Gasteiger partial charge < -0.3 is 15.0 Å². The van der Waals surface area contributed by atoms with Gasteiger partial charge in [-0.3, -0.25) is 18.9 Å². The molecule has 6 rings (SSSR count). The maximum Gasteiger partial charge on any atom is 0.258 e. The number of amides is 1. The Labute approximate surface area is 209 Å². The van der Waals surface area contributed by atoms with Crippen molar-refractivity contribution in [3.63, 3.8) is 0 Å². The van der Waals surface area contributed by atoms with Gasteiger partial charge in [0, 0.05) is 39.3 Å². The molecule has 2 fully saturated rings. The first-order valence-electron chi connectivity index (χ1n) is 12.0. The van der Waals surface area contributed by atoms with Crippen molar-refractivity contribution < 1.29 is 18.3 Å². The number of morpholine rings is 1. The summed E-state index contributed by atoms with van der Waals surface area (Å²) >= 11 is 1.33. The molecule has 2 saturated heterocycles. The van der Waals surface area contributed by atoms with Gasteiger partial charge in [-0.15, -0.1) is 11.3 Å².